The molecule has 0 saturated carbocycles. The average molecular weight is 244 g/mol. The summed E-state index contributed by atoms with van der Waals surface area (Å²) in [4.78, 5) is 10.9. The topological polar surface area (TPSA) is 56.2 Å². The number of anilines is 1. The lowest BCUT2D eigenvalue weighted by Crippen LogP contribution is -1.95. The van der Waals surface area contributed by atoms with E-state index in [9.17, 15) is 0 Å². The van der Waals surface area contributed by atoms with Gasteiger partial charge in [-0.05, 0) is 26.0 Å². The Balaban J connectivity index is 2.30. The zero-order valence-corrected chi connectivity index (χ0v) is 10.5. The number of fused-ring (bicyclic) bond motifs is 1. The number of aryl methyl sites for hydroxylation is 2. The molecule has 0 amide bonds. The summed E-state index contributed by atoms with van der Waals surface area (Å²) in [6.07, 6.45) is 3.53. The molecule has 0 bridgehead atoms. The summed E-state index contributed by atoms with van der Waals surface area (Å²) in [6, 6.07) is 3.86. The van der Waals surface area contributed by atoms with Gasteiger partial charge in [0.15, 0.2) is 4.96 Å². The number of thiazole rings is 1. The van der Waals surface area contributed by atoms with E-state index >= 15 is 0 Å². The molecule has 0 aromatic carbocycles. The van der Waals surface area contributed by atoms with Crippen LogP contribution in [0.3, 0.4) is 0 Å². The molecule has 0 aliphatic carbocycles. The zero-order chi connectivity index (χ0) is 12.0. The Hall–Kier alpha value is -1.88. The van der Waals surface area contributed by atoms with Crippen LogP contribution in [-0.4, -0.2) is 14.4 Å². The summed E-state index contributed by atoms with van der Waals surface area (Å²) < 4.78 is 2.00. The van der Waals surface area contributed by atoms with Crippen molar-refractivity contribution in [3.8, 4) is 11.3 Å². The highest BCUT2D eigenvalue weighted by Gasteiger charge is 2.15. The van der Waals surface area contributed by atoms with Gasteiger partial charge in [-0.25, -0.2) is 4.98 Å². The average Bonchev–Trinajstić information content (AvgIpc) is 2.80. The van der Waals surface area contributed by atoms with Crippen LogP contribution in [0.15, 0.2) is 24.5 Å². The molecule has 3 heterocycles. The lowest BCUT2D eigenvalue weighted by atomic mass is 10.2. The first-order valence-electron chi connectivity index (χ1n) is 5.33. The number of rotatable bonds is 1. The van der Waals surface area contributed by atoms with Gasteiger partial charge in [-0.3, -0.25) is 9.38 Å². The maximum Gasteiger partial charge on any atom is 0.196 e. The van der Waals surface area contributed by atoms with Crippen LogP contribution in [0.25, 0.3) is 16.2 Å². The third-order valence-electron chi connectivity index (χ3n) is 2.91. The molecule has 2 N–H and O–H groups in total. The van der Waals surface area contributed by atoms with E-state index in [2.05, 4.69) is 23.8 Å². The first kappa shape index (κ1) is 10.3. The summed E-state index contributed by atoms with van der Waals surface area (Å²) in [5.74, 6) is 0.690. The largest absolute Gasteiger partial charge is 0.383 e. The third-order valence-corrected chi connectivity index (χ3v) is 3.96. The predicted octanol–water partition coefficient (Wildman–Crippen LogP) is 2.66. The lowest BCUT2D eigenvalue weighted by Gasteiger charge is -1.99. The fourth-order valence-electron chi connectivity index (χ4n) is 1.89. The summed E-state index contributed by atoms with van der Waals surface area (Å²) in [6.45, 7) is 4.14. The third kappa shape index (κ3) is 1.43. The van der Waals surface area contributed by atoms with Crippen LogP contribution in [0.2, 0.25) is 0 Å². The summed E-state index contributed by atoms with van der Waals surface area (Å²) in [5.41, 5.74) is 9.09. The number of imidazole rings is 1. The van der Waals surface area contributed by atoms with E-state index in [1.165, 1.54) is 4.88 Å². The number of nitrogen functional groups attached to an aromatic ring is 1. The normalized spacial score (nSPS) is 11.2. The van der Waals surface area contributed by atoms with Crippen LogP contribution < -0.4 is 5.73 Å². The first-order chi connectivity index (χ1) is 8.18. The van der Waals surface area contributed by atoms with Crippen LogP contribution in [-0.2, 0) is 0 Å². The Morgan fingerprint density at radius 3 is 2.82 bits per heavy atom. The SMILES string of the molecule is Cc1sc2nc(-c3cccnc3)c(N)n2c1C. The fourth-order valence-corrected chi connectivity index (χ4v) is 2.86. The smallest absolute Gasteiger partial charge is 0.196 e. The maximum atomic E-state index is 6.16. The molecular formula is C12H12N4S. The molecule has 86 valence electrons. The van der Waals surface area contributed by atoms with Crippen molar-refractivity contribution in [2.45, 2.75) is 13.8 Å². The molecule has 17 heavy (non-hydrogen) atoms. The number of aromatic nitrogens is 3. The van der Waals surface area contributed by atoms with Gasteiger partial charge in [0.05, 0.1) is 0 Å². The van der Waals surface area contributed by atoms with Crippen LogP contribution in [0.5, 0.6) is 0 Å². The molecule has 3 rings (SSSR count). The quantitative estimate of drug-likeness (QED) is 0.716. The van der Waals surface area contributed by atoms with Gasteiger partial charge in [-0.1, -0.05) is 0 Å². The van der Waals surface area contributed by atoms with E-state index in [1.54, 1.807) is 23.7 Å². The molecule has 0 saturated heterocycles. The predicted molar refractivity (Wildman–Crippen MR) is 70.2 cm³/mol. The molecule has 0 fully saturated rings. The number of nitrogens with two attached hydrogens (primary N) is 1. The van der Waals surface area contributed by atoms with Crippen molar-refractivity contribution in [1.82, 2.24) is 14.4 Å². The molecule has 0 spiro atoms. The molecular weight excluding hydrogens is 232 g/mol. The van der Waals surface area contributed by atoms with E-state index in [4.69, 9.17) is 5.73 Å². The highest BCUT2D eigenvalue weighted by Crippen LogP contribution is 2.31. The second-order valence-corrected chi connectivity index (χ2v) is 5.13. The highest BCUT2D eigenvalue weighted by molar-refractivity contribution is 7.17. The molecule has 3 aromatic heterocycles. The zero-order valence-electron chi connectivity index (χ0n) is 9.64. The van der Waals surface area contributed by atoms with Crippen LogP contribution in [0.1, 0.15) is 10.6 Å². The van der Waals surface area contributed by atoms with Gasteiger partial charge < -0.3 is 5.73 Å². The Labute approximate surface area is 103 Å². The molecule has 0 radical (unpaired) electrons. The van der Waals surface area contributed by atoms with Gasteiger partial charge in [0.25, 0.3) is 0 Å². The van der Waals surface area contributed by atoms with E-state index in [1.807, 2.05) is 16.5 Å². The summed E-state index contributed by atoms with van der Waals surface area (Å²) in [7, 11) is 0. The number of hydrogen-bond donors (Lipinski definition) is 1. The van der Waals surface area contributed by atoms with Crippen LogP contribution in [0.4, 0.5) is 5.82 Å². The molecule has 5 heteroatoms. The van der Waals surface area contributed by atoms with E-state index in [0.717, 1.165) is 21.9 Å². The molecule has 4 nitrogen and oxygen atoms in total. The van der Waals surface area contributed by atoms with Gasteiger partial charge in [0, 0.05) is 28.5 Å². The Bertz CT molecular complexity index is 681. The minimum absolute atomic E-state index is 0.690. The maximum absolute atomic E-state index is 6.16. The van der Waals surface area contributed by atoms with Crippen molar-refractivity contribution in [3.05, 3.63) is 35.1 Å². The minimum Gasteiger partial charge on any atom is -0.383 e. The van der Waals surface area contributed by atoms with Crippen molar-refractivity contribution < 1.29 is 0 Å². The Morgan fingerprint density at radius 1 is 1.35 bits per heavy atom. The fraction of sp³-hybridized carbons (Fsp3) is 0.167. The van der Waals surface area contributed by atoms with Crippen LogP contribution >= 0.6 is 11.3 Å². The standard InChI is InChI=1S/C12H12N4S/c1-7-8(2)17-12-15-10(11(13)16(7)12)9-4-3-5-14-6-9/h3-6H,13H2,1-2H3. The lowest BCUT2D eigenvalue weighted by molar-refractivity contribution is 1.12. The van der Waals surface area contributed by atoms with Gasteiger partial charge in [0.2, 0.25) is 0 Å². The molecule has 0 aliphatic heterocycles. The monoisotopic (exact) mass is 244 g/mol. The van der Waals surface area contributed by atoms with Crippen molar-refractivity contribution in [2.24, 2.45) is 0 Å². The number of hydrogen-bond acceptors (Lipinski definition) is 4. The van der Waals surface area contributed by atoms with Gasteiger partial charge in [-0.15, -0.1) is 11.3 Å². The van der Waals surface area contributed by atoms with E-state index in [0.29, 0.717) is 5.82 Å². The summed E-state index contributed by atoms with van der Waals surface area (Å²) in [5, 5.41) is 0. The molecule has 3 aromatic rings. The highest BCUT2D eigenvalue weighted by atomic mass is 32.1. The van der Waals surface area contributed by atoms with Crippen LogP contribution in [0, 0.1) is 13.8 Å². The number of nitrogens with zero attached hydrogens (tertiary/aromatic N) is 3. The van der Waals surface area contributed by atoms with Crippen molar-refractivity contribution in [3.63, 3.8) is 0 Å². The van der Waals surface area contributed by atoms with E-state index in [-0.39, 0.29) is 0 Å². The van der Waals surface area contributed by atoms with Crippen molar-refractivity contribution in [2.75, 3.05) is 5.73 Å². The van der Waals surface area contributed by atoms with Crippen molar-refractivity contribution >= 4 is 22.1 Å². The Kier molecular flexibility index (Phi) is 2.16. The number of pyridine rings is 1. The summed E-state index contributed by atoms with van der Waals surface area (Å²) >= 11 is 1.66. The van der Waals surface area contributed by atoms with Gasteiger partial charge in [-0.2, -0.15) is 0 Å². The minimum atomic E-state index is 0.690. The second-order valence-electron chi connectivity index (χ2n) is 3.95. The van der Waals surface area contributed by atoms with Crippen molar-refractivity contribution in [1.29, 1.82) is 0 Å². The van der Waals surface area contributed by atoms with Gasteiger partial charge >= 0.3 is 0 Å². The molecule has 0 unspecified atom stereocenters. The van der Waals surface area contributed by atoms with E-state index < -0.39 is 0 Å². The second kappa shape index (κ2) is 3.56. The van der Waals surface area contributed by atoms with Gasteiger partial charge in [0.1, 0.15) is 11.5 Å². The molecule has 0 atom stereocenters. The molecule has 0 aliphatic rings. The first-order valence-corrected chi connectivity index (χ1v) is 6.14. The Morgan fingerprint density at radius 2 is 2.18 bits per heavy atom.